The van der Waals surface area contributed by atoms with Crippen LogP contribution in [-0.2, 0) is 14.3 Å². The lowest BCUT2D eigenvalue weighted by Gasteiger charge is -2.33. The average molecular weight is 303 g/mol. The summed E-state index contributed by atoms with van der Waals surface area (Å²) in [6, 6.07) is 9.82. The maximum absolute atomic E-state index is 12.8. The number of nitrogens with zero attached hydrogens (tertiary/aromatic N) is 1. The van der Waals surface area contributed by atoms with Gasteiger partial charge in [0.1, 0.15) is 0 Å². The number of hydrogen-bond donors (Lipinski definition) is 1. The molecule has 22 heavy (non-hydrogen) atoms. The highest BCUT2D eigenvalue weighted by atomic mass is 16.5. The van der Waals surface area contributed by atoms with E-state index in [-0.39, 0.29) is 17.9 Å². The molecule has 3 rings (SSSR count). The summed E-state index contributed by atoms with van der Waals surface area (Å²) >= 11 is 0. The lowest BCUT2D eigenvalue weighted by atomic mass is 9.88. The van der Waals surface area contributed by atoms with E-state index in [2.05, 4.69) is 0 Å². The molecule has 2 aliphatic heterocycles. The Kier molecular flexibility index (Phi) is 4.43. The van der Waals surface area contributed by atoms with Crippen LogP contribution in [-0.4, -0.2) is 41.6 Å². The van der Waals surface area contributed by atoms with E-state index in [4.69, 9.17) is 9.84 Å². The van der Waals surface area contributed by atoms with Gasteiger partial charge in [-0.15, -0.1) is 0 Å². The number of ether oxygens (including phenoxy) is 1. The van der Waals surface area contributed by atoms with Crippen molar-refractivity contribution >= 4 is 11.9 Å². The number of aliphatic carboxylic acids is 1. The second-order valence-corrected chi connectivity index (χ2v) is 6.06. The first kappa shape index (κ1) is 15.0. The topological polar surface area (TPSA) is 66.8 Å². The van der Waals surface area contributed by atoms with Crippen LogP contribution in [0.1, 0.15) is 30.9 Å². The lowest BCUT2D eigenvalue weighted by Crippen LogP contribution is -2.40. The van der Waals surface area contributed by atoms with Crippen molar-refractivity contribution < 1.29 is 19.4 Å². The minimum atomic E-state index is -0.810. The molecule has 0 spiro atoms. The second-order valence-electron chi connectivity index (χ2n) is 6.06. The number of carboxylic acid groups (broad SMARTS) is 1. The van der Waals surface area contributed by atoms with Crippen molar-refractivity contribution in [2.45, 2.75) is 25.4 Å². The number of amides is 1. The first-order valence-electron chi connectivity index (χ1n) is 7.85. The van der Waals surface area contributed by atoms with Gasteiger partial charge in [0.25, 0.3) is 0 Å². The fraction of sp³-hybridized carbons (Fsp3) is 0.529. The Hall–Kier alpha value is -1.88. The maximum Gasteiger partial charge on any atom is 0.308 e. The minimum absolute atomic E-state index is 0.0392. The van der Waals surface area contributed by atoms with Crippen LogP contribution in [0.25, 0.3) is 0 Å². The van der Waals surface area contributed by atoms with Crippen molar-refractivity contribution in [3.05, 3.63) is 35.9 Å². The van der Waals surface area contributed by atoms with Crippen molar-refractivity contribution in [3.63, 3.8) is 0 Å². The summed E-state index contributed by atoms with van der Waals surface area (Å²) in [5.74, 6) is -1.40. The SMILES string of the molecule is O=C(O)[C@@H]1CCN(C(=O)[C@@H]2CCCO[C@H]2c2ccccc2)C1. The van der Waals surface area contributed by atoms with Crippen molar-refractivity contribution in [3.8, 4) is 0 Å². The number of carbonyl (C=O) groups is 2. The van der Waals surface area contributed by atoms with E-state index in [0.29, 0.717) is 26.1 Å². The van der Waals surface area contributed by atoms with E-state index in [1.807, 2.05) is 30.3 Å². The van der Waals surface area contributed by atoms with E-state index in [1.54, 1.807) is 4.90 Å². The number of likely N-dealkylation sites (tertiary alicyclic amines) is 1. The molecule has 5 nitrogen and oxygen atoms in total. The predicted molar refractivity (Wildman–Crippen MR) is 80.2 cm³/mol. The third-order valence-electron chi connectivity index (χ3n) is 4.62. The Morgan fingerprint density at radius 1 is 1.18 bits per heavy atom. The molecule has 1 aromatic rings. The van der Waals surface area contributed by atoms with Gasteiger partial charge in [0.2, 0.25) is 5.91 Å². The molecule has 2 saturated heterocycles. The van der Waals surface area contributed by atoms with Gasteiger partial charge in [-0.3, -0.25) is 9.59 Å². The highest BCUT2D eigenvalue weighted by molar-refractivity contribution is 5.81. The molecule has 0 aliphatic carbocycles. The molecule has 118 valence electrons. The summed E-state index contributed by atoms with van der Waals surface area (Å²) in [6.45, 7) is 1.53. The Morgan fingerprint density at radius 2 is 1.95 bits per heavy atom. The minimum Gasteiger partial charge on any atom is -0.481 e. The smallest absolute Gasteiger partial charge is 0.308 e. The van der Waals surface area contributed by atoms with Gasteiger partial charge in [0.15, 0.2) is 0 Å². The average Bonchev–Trinajstić information content (AvgIpc) is 3.05. The van der Waals surface area contributed by atoms with Gasteiger partial charge in [0, 0.05) is 19.7 Å². The third-order valence-corrected chi connectivity index (χ3v) is 4.62. The molecule has 0 aromatic heterocycles. The summed E-state index contributed by atoms with van der Waals surface area (Å²) in [5.41, 5.74) is 1.02. The monoisotopic (exact) mass is 303 g/mol. The van der Waals surface area contributed by atoms with Gasteiger partial charge in [-0.2, -0.15) is 0 Å². The highest BCUT2D eigenvalue weighted by Crippen LogP contribution is 2.35. The molecule has 2 fully saturated rings. The molecule has 2 aliphatic rings. The highest BCUT2D eigenvalue weighted by Gasteiger charge is 2.39. The molecule has 1 aromatic carbocycles. The van der Waals surface area contributed by atoms with Crippen molar-refractivity contribution in [2.24, 2.45) is 11.8 Å². The van der Waals surface area contributed by atoms with Crippen LogP contribution >= 0.6 is 0 Å². The van der Waals surface area contributed by atoms with Gasteiger partial charge in [-0.1, -0.05) is 30.3 Å². The Bertz CT molecular complexity index is 545. The molecular weight excluding hydrogens is 282 g/mol. The molecule has 1 N–H and O–H groups in total. The van der Waals surface area contributed by atoms with E-state index in [9.17, 15) is 9.59 Å². The Labute approximate surface area is 129 Å². The molecule has 0 saturated carbocycles. The zero-order chi connectivity index (χ0) is 15.5. The summed E-state index contributed by atoms with van der Waals surface area (Å²) < 4.78 is 5.87. The van der Waals surface area contributed by atoms with Gasteiger partial charge in [-0.05, 0) is 24.8 Å². The molecule has 3 atom stereocenters. The Morgan fingerprint density at radius 3 is 2.64 bits per heavy atom. The molecule has 0 radical (unpaired) electrons. The number of carbonyl (C=O) groups excluding carboxylic acids is 1. The van der Waals surface area contributed by atoms with Crippen LogP contribution in [0.2, 0.25) is 0 Å². The quantitative estimate of drug-likeness (QED) is 0.928. The fourth-order valence-corrected chi connectivity index (χ4v) is 3.40. The molecule has 2 heterocycles. The zero-order valence-electron chi connectivity index (χ0n) is 12.5. The summed E-state index contributed by atoms with van der Waals surface area (Å²) in [7, 11) is 0. The lowest BCUT2D eigenvalue weighted by molar-refractivity contribution is -0.145. The molecule has 1 amide bonds. The van der Waals surface area contributed by atoms with E-state index in [0.717, 1.165) is 18.4 Å². The maximum atomic E-state index is 12.8. The zero-order valence-corrected chi connectivity index (χ0v) is 12.5. The summed E-state index contributed by atoms with van der Waals surface area (Å²) in [5, 5.41) is 9.09. The molecule has 0 bridgehead atoms. The van der Waals surface area contributed by atoms with Crippen LogP contribution in [0.5, 0.6) is 0 Å². The normalized spacial score (nSPS) is 28.5. The first-order chi connectivity index (χ1) is 10.7. The first-order valence-corrected chi connectivity index (χ1v) is 7.85. The van der Waals surface area contributed by atoms with E-state index < -0.39 is 11.9 Å². The Balaban J connectivity index is 1.74. The molecular formula is C17H21NO4. The second kappa shape index (κ2) is 6.48. The van der Waals surface area contributed by atoms with Gasteiger partial charge in [-0.25, -0.2) is 0 Å². The number of benzene rings is 1. The van der Waals surface area contributed by atoms with Gasteiger partial charge >= 0.3 is 5.97 Å². The van der Waals surface area contributed by atoms with Crippen LogP contribution in [0, 0.1) is 11.8 Å². The molecule has 5 heteroatoms. The largest absolute Gasteiger partial charge is 0.481 e. The van der Waals surface area contributed by atoms with Crippen LogP contribution in [0.4, 0.5) is 0 Å². The fourth-order valence-electron chi connectivity index (χ4n) is 3.40. The van der Waals surface area contributed by atoms with E-state index in [1.165, 1.54) is 0 Å². The van der Waals surface area contributed by atoms with Gasteiger partial charge < -0.3 is 14.7 Å². The van der Waals surface area contributed by atoms with Crippen molar-refractivity contribution in [2.75, 3.05) is 19.7 Å². The molecule has 0 unspecified atom stereocenters. The van der Waals surface area contributed by atoms with Crippen molar-refractivity contribution in [1.82, 2.24) is 4.90 Å². The summed E-state index contributed by atoms with van der Waals surface area (Å²) in [6.07, 6.45) is 2.00. The van der Waals surface area contributed by atoms with E-state index >= 15 is 0 Å². The van der Waals surface area contributed by atoms with Crippen LogP contribution in [0.3, 0.4) is 0 Å². The standard InChI is InChI=1S/C17H21NO4/c19-16(18-9-8-13(11-18)17(20)21)14-7-4-10-22-15(14)12-5-2-1-3-6-12/h1-3,5-6,13-15H,4,7-11H2,(H,20,21)/t13-,14-,15+/m1/s1. The third kappa shape index (κ3) is 2.99. The van der Waals surface area contributed by atoms with Crippen LogP contribution < -0.4 is 0 Å². The van der Waals surface area contributed by atoms with Crippen molar-refractivity contribution in [1.29, 1.82) is 0 Å². The van der Waals surface area contributed by atoms with Gasteiger partial charge in [0.05, 0.1) is 17.9 Å². The predicted octanol–water partition coefficient (Wildman–Crippen LogP) is 2.09. The summed E-state index contributed by atoms with van der Waals surface area (Å²) in [4.78, 5) is 25.6. The number of hydrogen-bond acceptors (Lipinski definition) is 3. The number of carboxylic acids is 1. The number of rotatable bonds is 3. The van der Waals surface area contributed by atoms with Crippen LogP contribution in [0.15, 0.2) is 30.3 Å².